The molecule has 5 nitrogen and oxygen atoms in total. The van der Waals surface area contributed by atoms with Crippen molar-refractivity contribution in [1.29, 1.82) is 0 Å². The van der Waals surface area contributed by atoms with Gasteiger partial charge in [-0.2, -0.15) is 0 Å². The minimum atomic E-state index is 0.167. The zero-order valence-corrected chi connectivity index (χ0v) is 11.8. The van der Waals surface area contributed by atoms with Crippen molar-refractivity contribution in [3.63, 3.8) is 0 Å². The fourth-order valence-corrected chi connectivity index (χ4v) is 2.90. The summed E-state index contributed by atoms with van der Waals surface area (Å²) in [4.78, 5) is 0. The summed E-state index contributed by atoms with van der Waals surface area (Å²) in [7, 11) is 1.68. The van der Waals surface area contributed by atoms with Crippen molar-refractivity contribution < 1.29 is 9.94 Å². The lowest BCUT2D eigenvalue weighted by molar-refractivity contribution is 0.172. The molecule has 1 aliphatic carbocycles. The van der Waals surface area contributed by atoms with Crippen molar-refractivity contribution in [3.8, 4) is 0 Å². The van der Waals surface area contributed by atoms with Gasteiger partial charge in [-0.3, -0.25) is 0 Å². The van der Waals surface area contributed by atoms with Crippen molar-refractivity contribution in [2.24, 2.45) is 10.9 Å². The third-order valence-corrected chi connectivity index (χ3v) is 3.99. The number of methoxy groups -OCH3 is 1. The van der Waals surface area contributed by atoms with Crippen molar-refractivity contribution in [2.45, 2.75) is 18.9 Å². The summed E-state index contributed by atoms with van der Waals surface area (Å²) in [6.45, 7) is 1.41. The lowest BCUT2D eigenvalue weighted by atomic mass is 10.0. The van der Waals surface area contributed by atoms with Gasteiger partial charge in [0.05, 0.1) is 6.61 Å². The predicted octanol–water partition coefficient (Wildman–Crippen LogP) is 1.56. The Hall–Kier alpha value is -1.24. The Kier molecular flexibility index (Phi) is 4.68. The quantitative estimate of drug-likeness (QED) is 0.252. The molecule has 0 spiro atoms. The summed E-state index contributed by atoms with van der Waals surface area (Å²) >= 11 is 4.54. The molecule has 0 aromatic heterocycles. The van der Waals surface area contributed by atoms with E-state index in [2.05, 4.69) is 24.0 Å². The molecule has 1 unspecified atom stereocenters. The number of oxime groups is 1. The molecule has 1 atom stereocenters. The molecule has 0 saturated carbocycles. The van der Waals surface area contributed by atoms with Crippen LogP contribution < -0.4 is 5.73 Å². The zero-order valence-electron chi connectivity index (χ0n) is 10.9. The Bertz CT molecular complexity index is 479. The highest BCUT2D eigenvalue weighted by molar-refractivity contribution is 7.77. The van der Waals surface area contributed by atoms with Gasteiger partial charge in [-0.15, -0.1) is 0 Å². The number of ether oxygens (including phenoxy) is 1. The van der Waals surface area contributed by atoms with E-state index >= 15 is 0 Å². The van der Waals surface area contributed by atoms with Crippen LogP contribution >= 0.6 is 12.8 Å². The minimum absolute atomic E-state index is 0.167. The SMILES string of the molecule is COCCN(S)C1CCc2c(/C(N)=N/O)cccc21. The summed E-state index contributed by atoms with van der Waals surface area (Å²) in [5, 5.41) is 11.9. The van der Waals surface area contributed by atoms with Crippen LogP contribution in [0.1, 0.15) is 29.2 Å². The number of rotatable bonds is 5. The normalized spacial score (nSPS) is 18.9. The molecular formula is C13H19N3O2S. The maximum Gasteiger partial charge on any atom is 0.170 e. The highest BCUT2D eigenvalue weighted by atomic mass is 32.1. The van der Waals surface area contributed by atoms with Gasteiger partial charge >= 0.3 is 0 Å². The first kappa shape index (κ1) is 14.2. The molecule has 1 aliphatic rings. The van der Waals surface area contributed by atoms with Crippen LogP contribution in [0.2, 0.25) is 0 Å². The van der Waals surface area contributed by atoms with Crippen LogP contribution in [-0.4, -0.2) is 35.6 Å². The summed E-state index contributed by atoms with van der Waals surface area (Å²) in [6.07, 6.45) is 1.90. The molecular weight excluding hydrogens is 262 g/mol. The molecule has 1 aromatic rings. The molecule has 1 aromatic carbocycles. The average molecular weight is 281 g/mol. The van der Waals surface area contributed by atoms with Gasteiger partial charge in [-0.1, -0.05) is 36.2 Å². The van der Waals surface area contributed by atoms with Crippen LogP contribution in [0.25, 0.3) is 0 Å². The van der Waals surface area contributed by atoms with E-state index in [1.54, 1.807) is 7.11 Å². The molecule has 0 aliphatic heterocycles. The van der Waals surface area contributed by atoms with E-state index in [9.17, 15) is 0 Å². The maximum atomic E-state index is 8.83. The molecule has 0 fully saturated rings. The second-order valence-electron chi connectivity index (χ2n) is 4.57. The van der Waals surface area contributed by atoms with Gasteiger partial charge in [0.1, 0.15) is 0 Å². The monoisotopic (exact) mass is 281 g/mol. The first-order chi connectivity index (χ1) is 9.19. The van der Waals surface area contributed by atoms with E-state index in [1.165, 1.54) is 5.56 Å². The van der Waals surface area contributed by atoms with Gasteiger partial charge in [-0.25, -0.2) is 4.31 Å². The number of hydrogen-bond donors (Lipinski definition) is 3. The second-order valence-corrected chi connectivity index (χ2v) is 5.08. The van der Waals surface area contributed by atoms with E-state index in [0.717, 1.165) is 30.5 Å². The maximum absolute atomic E-state index is 8.83. The smallest absolute Gasteiger partial charge is 0.170 e. The number of amidine groups is 1. The first-order valence-electron chi connectivity index (χ1n) is 6.23. The van der Waals surface area contributed by atoms with Gasteiger partial charge in [0.2, 0.25) is 0 Å². The number of hydrogen-bond acceptors (Lipinski definition) is 5. The van der Waals surface area contributed by atoms with Crippen LogP contribution in [-0.2, 0) is 11.2 Å². The van der Waals surface area contributed by atoms with E-state index in [-0.39, 0.29) is 11.9 Å². The number of nitrogens with zero attached hydrogens (tertiary/aromatic N) is 2. The van der Waals surface area contributed by atoms with Crippen LogP contribution in [0.15, 0.2) is 23.4 Å². The standard InChI is InChI=1S/C13H19N3O2S/c1-18-8-7-16(19)12-6-5-9-10(12)3-2-4-11(9)13(14)15-17/h2-4,12,17,19H,5-8H2,1H3,(H2,14,15). The zero-order chi connectivity index (χ0) is 13.8. The summed E-state index contributed by atoms with van der Waals surface area (Å²) in [5.74, 6) is 0.167. The molecule has 104 valence electrons. The van der Waals surface area contributed by atoms with Crippen LogP contribution in [0, 0.1) is 0 Å². The lowest BCUT2D eigenvalue weighted by Crippen LogP contribution is -2.22. The second kappa shape index (κ2) is 6.27. The first-order valence-corrected chi connectivity index (χ1v) is 6.63. The third-order valence-electron chi connectivity index (χ3n) is 3.51. The predicted molar refractivity (Wildman–Crippen MR) is 77.6 cm³/mol. The van der Waals surface area contributed by atoms with Crippen LogP contribution in [0.3, 0.4) is 0 Å². The van der Waals surface area contributed by atoms with Gasteiger partial charge in [0.15, 0.2) is 5.84 Å². The van der Waals surface area contributed by atoms with E-state index in [0.29, 0.717) is 6.61 Å². The third kappa shape index (κ3) is 2.86. The molecule has 0 heterocycles. The Morgan fingerprint density at radius 3 is 3.11 bits per heavy atom. The number of benzene rings is 1. The summed E-state index contributed by atoms with van der Waals surface area (Å²) in [6, 6.07) is 6.15. The van der Waals surface area contributed by atoms with Gasteiger partial charge in [-0.05, 0) is 24.0 Å². The highest BCUT2D eigenvalue weighted by Crippen LogP contribution is 2.38. The molecule has 6 heteroatoms. The van der Waals surface area contributed by atoms with Gasteiger partial charge in [0, 0.05) is 25.3 Å². The number of nitrogens with two attached hydrogens (primary N) is 1. The minimum Gasteiger partial charge on any atom is -0.409 e. The van der Waals surface area contributed by atoms with Crippen molar-refractivity contribution >= 4 is 18.7 Å². The molecule has 2 rings (SSSR count). The Labute approximate surface area is 118 Å². The molecule has 0 amide bonds. The van der Waals surface area contributed by atoms with E-state index in [4.69, 9.17) is 15.7 Å². The van der Waals surface area contributed by atoms with Crippen molar-refractivity contribution in [2.75, 3.05) is 20.3 Å². The fourth-order valence-electron chi connectivity index (χ4n) is 2.58. The topological polar surface area (TPSA) is 71.1 Å². The highest BCUT2D eigenvalue weighted by Gasteiger charge is 2.28. The Morgan fingerprint density at radius 1 is 1.63 bits per heavy atom. The van der Waals surface area contributed by atoms with Crippen molar-refractivity contribution in [3.05, 3.63) is 34.9 Å². The van der Waals surface area contributed by atoms with Crippen LogP contribution in [0.4, 0.5) is 0 Å². The summed E-state index contributed by atoms with van der Waals surface area (Å²) < 4.78 is 7.07. The number of fused-ring (bicyclic) bond motifs is 1. The van der Waals surface area contributed by atoms with Gasteiger partial charge in [0.25, 0.3) is 0 Å². The summed E-state index contributed by atoms with van der Waals surface area (Å²) in [5.41, 5.74) is 8.89. The largest absolute Gasteiger partial charge is 0.409 e. The lowest BCUT2D eigenvalue weighted by Gasteiger charge is -2.23. The molecule has 19 heavy (non-hydrogen) atoms. The van der Waals surface area contributed by atoms with Crippen molar-refractivity contribution in [1.82, 2.24) is 4.31 Å². The molecule has 3 N–H and O–H groups in total. The van der Waals surface area contributed by atoms with E-state index < -0.39 is 0 Å². The molecule has 0 bridgehead atoms. The Balaban J connectivity index is 2.26. The molecule has 0 saturated heterocycles. The fraction of sp³-hybridized carbons (Fsp3) is 0.462. The number of thiol groups is 1. The van der Waals surface area contributed by atoms with E-state index in [1.807, 2.05) is 16.4 Å². The van der Waals surface area contributed by atoms with Gasteiger partial charge < -0.3 is 15.7 Å². The van der Waals surface area contributed by atoms with Crippen LogP contribution in [0.5, 0.6) is 0 Å². The average Bonchev–Trinajstić information content (AvgIpc) is 2.87. The Morgan fingerprint density at radius 2 is 2.42 bits per heavy atom. The molecule has 0 radical (unpaired) electrons.